The third kappa shape index (κ3) is 3.96. The smallest absolute Gasteiger partial charge is 0.124 e. The number of hydrogen-bond donors (Lipinski definition) is 1. The van der Waals surface area contributed by atoms with E-state index in [-0.39, 0.29) is 0 Å². The third-order valence-corrected chi connectivity index (χ3v) is 7.89. The molecule has 4 aromatic rings. The summed E-state index contributed by atoms with van der Waals surface area (Å²) in [7, 11) is 1.78. The molecule has 5 nitrogen and oxygen atoms in total. The van der Waals surface area contributed by atoms with Gasteiger partial charge in [0.25, 0.3) is 0 Å². The molecule has 0 unspecified atom stereocenters. The largest absolute Gasteiger partial charge is 0.496 e. The van der Waals surface area contributed by atoms with Gasteiger partial charge in [0, 0.05) is 51.0 Å². The summed E-state index contributed by atoms with van der Waals surface area (Å²) in [6, 6.07) is 11.1. The van der Waals surface area contributed by atoms with Crippen molar-refractivity contribution < 1.29 is 4.74 Å². The zero-order chi connectivity index (χ0) is 22.4. The van der Waals surface area contributed by atoms with Crippen LogP contribution in [-0.2, 0) is 6.54 Å². The van der Waals surface area contributed by atoms with Crippen LogP contribution in [0.4, 0.5) is 0 Å². The second kappa shape index (κ2) is 8.79. The molecule has 4 heterocycles. The molecule has 6 heteroatoms. The Morgan fingerprint density at radius 2 is 1.82 bits per heavy atom. The van der Waals surface area contributed by atoms with E-state index in [2.05, 4.69) is 31.9 Å². The molecule has 0 bridgehead atoms. The summed E-state index contributed by atoms with van der Waals surface area (Å²) in [6.07, 6.45) is 8.65. The van der Waals surface area contributed by atoms with E-state index < -0.39 is 0 Å². The second-order valence-corrected chi connectivity index (χ2v) is 10.1. The number of methoxy groups -OCH3 is 1. The number of nitrogens with one attached hydrogen (secondary N) is 1. The Balaban J connectivity index is 1.28. The first-order chi connectivity index (χ1) is 16.2. The normalized spacial score (nSPS) is 19.1. The lowest BCUT2D eigenvalue weighted by atomic mass is 9.99. The topological polar surface area (TPSA) is 44.4 Å². The summed E-state index contributed by atoms with van der Waals surface area (Å²) in [4.78, 5) is 13.6. The molecule has 0 radical (unpaired) electrons. The van der Waals surface area contributed by atoms with Gasteiger partial charge in [-0.1, -0.05) is 18.0 Å². The number of hydrogen-bond acceptors (Lipinski definition) is 4. The number of H-pyrrole nitrogens is 1. The van der Waals surface area contributed by atoms with Crippen molar-refractivity contribution in [1.82, 2.24) is 19.8 Å². The van der Waals surface area contributed by atoms with Crippen molar-refractivity contribution in [3.63, 3.8) is 0 Å². The molecule has 1 N–H and O–H groups in total. The number of rotatable bonds is 4. The fraction of sp³-hybridized carbons (Fsp3) is 0.444. The van der Waals surface area contributed by atoms with Crippen molar-refractivity contribution >= 4 is 44.3 Å². The predicted octanol–water partition coefficient (Wildman–Crippen LogP) is 5.98. The first-order valence-corrected chi connectivity index (χ1v) is 12.6. The molecule has 2 fully saturated rings. The van der Waals surface area contributed by atoms with Crippen LogP contribution in [0.5, 0.6) is 5.75 Å². The molecular weight excluding hydrogens is 432 g/mol. The molecule has 0 atom stereocenters. The fourth-order valence-electron chi connectivity index (χ4n) is 5.87. The Morgan fingerprint density at radius 1 is 1.00 bits per heavy atom. The molecule has 172 valence electrons. The van der Waals surface area contributed by atoms with E-state index in [1.165, 1.54) is 50.8 Å². The van der Waals surface area contributed by atoms with Crippen LogP contribution in [0.25, 0.3) is 32.7 Å². The molecule has 0 saturated carbocycles. The highest BCUT2D eigenvalue weighted by molar-refractivity contribution is 6.31. The number of fused-ring (bicyclic) bond motifs is 5. The molecular formula is C27H31ClN4O. The number of nitrogens with zero attached hydrogens (tertiary/aromatic N) is 3. The lowest BCUT2D eigenvalue weighted by molar-refractivity contribution is 0.0893. The van der Waals surface area contributed by atoms with Gasteiger partial charge >= 0.3 is 0 Å². The van der Waals surface area contributed by atoms with E-state index in [0.29, 0.717) is 5.02 Å². The van der Waals surface area contributed by atoms with Gasteiger partial charge in [-0.05, 0) is 82.2 Å². The monoisotopic (exact) mass is 462 g/mol. The molecule has 0 amide bonds. The van der Waals surface area contributed by atoms with Gasteiger partial charge < -0.3 is 14.6 Å². The minimum absolute atomic E-state index is 0.707. The summed E-state index contributed by atoms with van der Waals surface area (Å²) in [5.41, 5.74) is 4.39. The Morgan fingerprint density at radius 3 is 2.61 bits per heavy atom. The highest BCUT2D eigenvalue weighted by atomic mass is 35.5. The predicted molar refractivity (Wildman–Crippen MR) is 136 cm³/mol. The summed E-state index contributed by atoms with van der Waals surface area (Å²) in [5, 5.41) is 4.07. The fourth-order valence-corrected chi connectivity index (χ4v) is 6.04. The van der Waals surface area contributed by atoms with Crippen molar-refractivity contribution in [2.24, 2.45) is 0 Å². The Hall–Kier alpha value is -2.34. The summed E-state index contributed by atoms with van der Waals surface area (Å²) in [6.45, 7) is 5.83. The van der Waals surface area contributed by atoms with Crippen molar-refractivity contribution in [3.8, 4) is 5.75 Å². The quantitative estimate of drug-likeness (QED) is 0.405. The van der Waals surface area contributed by atoms with E-state index in [0.717, 1.165) is 64.1 Å². The average Bonchev–Trinajstić information content (AvgIpc) is 3.22. The van der Waals surface area contributed by atoms with Gasteiger partial charge in [-0.2, -0.15) is 0 Å². The zero-order valence-corrected chi connectivity index (χ0v) is 20.0. The number of benzene rings is 2. The molecule has 2 aliphatic heterocycles. The first-order valence-electron chi connectivity index (χ1n) is 12.2. The van der Waals surface area contributed by atoms with Gasteiger partial charge in [0.05, 0.1) is 18.1 Å². The minimum atomic E-state index is 0.707. The SMILES string of the molecule is COc1cc2c(cc1CN1CCC(N3CCCCC3)CC1)[nH]c1c3ccc(Cl)cc3ncc21. The van der Waals surface area contributed by atoms with Crippen LogP contribution in [0, 0.1) is 0 Å². The second-order valence-electron chi connectivity index (χ2n) is 9.65. The number of aromatic nitrogens is 2. The van der Waals surface area contributed by atoms with Crippen LogP contribution in [0.15, 0.2) is 36.5 Å². The van der Waals surface area contributed by atoms with Gasteiger partial charge in [0.1, 0.15) is 5.75 Å². The average molecular weight is 463 g/mol. The lowest BCUT2D eigenvalue weighted by Crippen LogP contribution is -2.46. The van der Waals surface area contributed by atoms with E-state index in [1.807, 2.05) is 24.4 Å². The van der Waals surface area contributed by atoms with Crippen molar-refractivity contribution in [2.45, 2.75) is 44.7 Å². The van der Waals surface area contributed by atoms with Gasteiger partial charge in [0.2, 0.25) is 0 Å². The number of aromatic amines is 1. The lowest BCUT2D eigenvalue weighted by Gasteiger charge is -2.40. The first kappa shape index (κ1) is 21.2. The number of halogens is 1. The highest BCUT2D eigenvalue weighted by Gasteiger charge is 2.26. The number of piperidine rings is 2. The van der Waals surface area contributed by atoms with E-state index >= 15 is 0 Å². The van der Waals surface area contributed by atoms with E-state index in [9.17, 15) is 0 Å². The molecule has 2 saturated heterocycles. The van der Waals surface area contributed by atoms with Gasteiger partial charge in [-0.25, -0.2) is 0 Å². The minimum Gasteiger partial charge on any atom is -0.496 e. The Labute approximate surface area is 199 Å². The molecule has 2 aliphatic rings. The van der Waals surface area contributed by atoms with E-state index in [1.54, 1.807) is 7.11 Å². The highest BCUT2D eigenvalue weighted by Crippen LogP contribution is 2.35. The maximum atomic E-state index is 6.18. The molecule has 0 spiro atoms. The van der Waals surface area contributed by atoms with Gasteiger partial charge in [0.15, 0.2) is 0 Å². The van der Waals surface area contributed by atoms with Gasteiger partial charge in [-0.15, -0.1) is 0 Å². The van der Waals surface area contributed by atoms with Crippen LogP contribution in [-0.4, -0.2) is 59.1 Å². The molecule has 2 aromatic carbocycles. The summed E-state index contributed by atoms with van der Waals surface area (Å²) >= 11 is 6.18. The molecule has 33 heavy (non-hydrogen) atoms. The van der Waals surface area contributed by atoms with Crippen LogP contribution in [0.1, 0.15) is 37.7 Å². The summed E-state index contributed by atoms with van der Waals surface area (Å²) < 4.78 is 5.85. The zero-order valence-electron chi connectivity index (χ0n) is 19.2. The van der Waals surface area contributed by atoms with Crippen molar-refractivity contribution in [2.75, 3.05) is 33.3 Å². The van der Waals surface area contributed by atoms with Crippen molar-refractivity contribution in [3.05, 3.63) is 47.1 Å². The molecule has 0 aliphatic carbocycles. The van der Waals surface area contributed by atoms with Crippen LogP contribution in [0.2, 0.25) is 5.02 Å². The maximum Gasteiger partial charge on any atom is 0.124 e. The van der Waals surface area contributed by atoms with Crippen molar-refractivity contribution in [1.29, 1.82) is 0 Å². The Kier molecular flexibility index (Phi) is 5.65. The van der Waals surface area contributed by atoms with Crippen LogP contribution < -0.4 is 4.74 Å². The third-order valence-electron chi connectivity index (χ3n) is 7.66. The number of pyridine rings is 1. The van der Waals surface area contributed by atoms with Crippen LogP contribution >= 0.6 is 11.6 Å². The van der Waals surface area contributed by atoms with E-state index in [4.69, 9.17) is 16.3 Å². The molecule has 6 rings (SSSR count). The van der Waals surface area contributed by atoms with Crippen LogP contribution in [0.3, 0.4) is 0 Å². The number of ether oxygens (including phenoxy) is 1. The maximum absolute atomic E-state index is 6.18. The van der Waals surface area contributed by atoms with Gasteiger partial charge in [-0.3, -0.25) is 9.88 Å². The Bertz CT molecular complexity index is 1300. The number of likely N-dealkylation sites (tertiary alicyclic amines) is 2. The summed E-state index contributed by atoms with van der Waals surface area (Å²) in [5.74, 6) is 0.956. The standard InChI is InChI=1S/C27H31ClN4O/c1-33-26-15-22-23-16-29-24-14-19(28)5-6-21(24)27(23)30-25(22)13-18(26)17-31-11-7-20(8-12-31)32-9-3-2-4-10-32/h5-6,13-16,20,30H,2-4,7-12,17H2,1H3. The molecule has 2 aromatic heterocycles.